The maximum absolute atomic E-state index is 10.2. The summed E-state index contributed by atoms with van der Waals surface area (Å²) in [7, 11) is 0. The lowest BCUT2D eigenvalue weighted by atomic mass is 10.1. The first-order chi connectivity index (χ1) is 9.27. The first-order valence-electron chi connectivity index (χ1n) is 6.02. The average Bonchev–Trinajstić information content (AvgIpc) is 2.77. The van der Waals surface area contributed by atoms with Crippen LogP contribution in [0.3, 0.4) is 0 Å². The first kappa shape index (κ1) is 11.5. The molecular formula is C15H13N3O. The smallest absolute Gasteiger partial charge is 0.177 e. The van der Waals surface area contributed by atoms with Gasteiger partial charge in [-0.2, -0.15) is 4.73 Å². The Morgan fingerprint density at radius 3 is 2.42 bits per heavy atom. The van der Waals surface area contributed by atoms with E-state index in [0.717, 1.165) is 21.6 Å². The molecule has 0 saturated carbocycles. The Morgan fingerprint density at radius 2 is 1.74 bits per heavy atom. The summed E-state index contributed by atoms with van der Waals surface area (Å²) >= 11 is 0. The minimum Gasteiger partial charge on any atom is -0.427 e. The number of benzene rings is 1. The SMILES string of the molecule is Cc1c(-c2ccccc2)nc(-c2cccnc2)n1O. The monoisotopic (exact) mass is 251 g/mol. The van der Waals surface area contributed by atoms with Gasteiger partial charge in [-0.15, -0.1) is 0 Å². The van der Waals surface area contributed by atoms with Gasteiger partial charge >= 0.3 is 0 Å². The highest BCUT2D eigenvalue weighted by molar-refractivity contribution is 5.67. The predicted octanol–water partition coefficient (Wildman–Crippen LogP) is 3.16. The van der Waals surface area contributed by atoms with Gasteiger partial charge in [-0.3, -0.25) is 4.98 Å². The zero-order valence-corrected chi connectivity index (χ0v) is 10.5. The molecule has 2 aromatic heterocycles. The molecule has 0 aliphatic heterocycles. The van der Waals surface area contributed by atoms with Crippen molar-refractivity contribution >= 4 is 0 Å². The van der Waals surface area contributed by atoms with Gasteiger partial charge in [-0.25, -0.2) is 4.98 Å². The van der Waals surface area contributed by atoms with Crippen molar-refractivity contribution in [3.05, 3.63) is 60.6 Å². The van der Waals surface area contributed by atoms with E-state index in [4.69, 9.17) is 0 Å². The van der Waals surface area contributed by atoms with E-state index in [9.17, 15) is 5.21 Å². The van der Waals surface area contributed by atoms with E-state index in [1.807, 2.05) is 49.4 Å². The van der Waals surface area contributed by atoms with E-state index in [0.29, 0.717) is 11.5 Å². The summed E-state index contributed by atoms with van der Waals surface area (Å²) in [5.74, 6) is 0.504. The summed E-state index contributed by atoms with van der Waals surface area (Å²) in [6.07, 6.45) is 3.38. The summed E-state index contributed by atoms with van der Waals surface area (Å²) in [5, 5.41) is 10.2. The van der Waals surface area contributed by atoms with Crippen LogP contribution in [0.5, 0.6) is 0 Å². The topological polar surface area (TPSA) is 50.9 Å². The minimum atomic E-state index is 0.504. The van der Waals surface area contributed by atoms with Crippen LogP contribution in [-0.4, -0.2) is 19.9 Å². The molecule has 19 heavy (non-hydrogen) atoms. The maximum Gasteiger partial charge on any atom is 0.177 e. The van der Waals surface area contributed by atoms with E-state index in [1.54, 1.807) is 12.4 Å². The van der Waals surface area contributed by atoms with E-state index in [1.165, 1.54) is 0 Å². The van der Waals surface area contributed by atoms with Gasteiger partial charge in [-0.05, 0) is 19.1 Å². The molecule has 0 fully saturated rings. The second-order valence-corrected chi connectivity index (χ2v) is 4.29. The molecule has 1 N–H and O–H groups in total. The Labute approximate surface area is 111 Å². The fraction of sp³-hybridized carbons (Fsp3) is 0.0667. The van der Waals surface area contributed by atoms with E-state index in [-0.39, 0.29) is 0 Å². The molecule has 2 heterocycles. The summed E-state index contributed by atoms with van der Waals surface area (Å²) in [5.41, 5.74) is 3.26. The lowest BCUT2D eigenvalue weighted by Gasteiger charge is -2.00. The Balaban J connectivity index is 2.16. The first-order valence-corrected chi connectivity index (χ1v) is 6.02. The molecule has 4 heteroatoms. The third-order valence-corrected chi connectivity index (χ3v) is 3.05. The van der Waals surface area contributed by atoms with Gasteiger partial charge < -0.3 is 5.21 Å². The molecule has 0 saturated heterocycles. The van der Waals surface area contributed by atoms with E-state index in [2.05, 4.69) is 9.97 Å². The highest BCUT2D eigenvalue weighted by Crippen LogP contribution is 2.27. The highest BCUT2D eigenvalue weighted by Gasteiger charge is 2.15. The van der Waals surface area contributed by atoms with Gasteiger partial charge in [0.2, 0.25) is 0 Å². The maximum atomic E-state index is 10.2. The Hall–Kier alpha value is -2.62. The van der Waals surface area contributed by atoms with Gasteiger partial charge in [0.15, 0.2) is 5.82 Å². The van der Waals surface area contributed by atoms with Crippen molar-refractivity contribution < 1.29 is 5.21 Å². The van der Waals surface area contributed by atoms with Crippen LogP contribution in [0.25, 0.3) is 22.6 Å². The summed E-state index contributed by atoms with van der Waals surface area (Å²) in [6.45, 7) is 1.84. The van der Waals surface area contributed by atoms with Crippen molar-refractivity contribution in [1.29, 1.82) is 0 Å². The van der Waals surface area contributed by atoms with Crippen LogP contribution in [0.2, 0.25) is 0 Å². The lowest BCUT2D eigenvalue weighted by Crippen LogP contribution is -1.96. The highest BCUT2D eigenvalue weighted by atomic mass is 16.5. The van der Waals surface area contributed by atoms with Crippen molar-refractivity contribution in [2.24, 2.45) is 0 Å². The number of hydrogen-bond acceptors (Lipinski definition) is 3. The summed E-state index contributed by atoms with van der Waals surface area (Å²) in [4.78, 5) is 8.57. The van der Waals surface area contributed by atoms with E-state index >= 15 is 0 Å². The number of nitrogens with zero attached hydrogens (tertiary/aromatic N) is 3. The van der Waals surface area contributed by atoms with Crippen LogP contribution in [0.4, 0.5) is 0 Å². The van der Waals surface area contributed by atoms with Gasteiger partial charge in [0, 0.05) is 23.5 Å². The van der Waals surface area contributed by atoms with Crippen molar-refractivity contribution in [2.75, 3.05) is 0 Å². The van der Waals surface area contributed by atoms with Crippen molar-refractivity contribution in [3.63, 3.8) is 0 Å². The number of pyridine rings is 1. The zero-order chi connectivity index (χ0) is 13.2. The summed E-state index contributed by atoms with van der Waals surface area (Å²) in [6, 6.07) is 13.5. The molecule has 3 rings (SSSR count). The number of hydrogen-bond donors (Lipinski definition) is 1. The Morgan fingerprint density at radius 1 is 1.00 bits per heavy atom. The van der Waals surface area contributed by atoms with Crippen LogP contribution in [0.15, 0.2) is 54.9 Å². The van der Waals surface area contributed by atoms with Crippen molar-refractivity contribution in [1.82, 2.24) is 14.7 Å². The Kier molecular flexibility index (Phi) is 2.76. The fourth-order valence-corrected chi connectivity index (χ4v) is 2.04. The molecule has 94 valence electrons. The standard InChI is InChI=1S/C15H13N3O/c1-11-14(12-6-3-2-4-7-12)17-15(18(11)19)13-8-5-9-16-10-13/h2-10,19H,1H3. The molecule has 0 radical (unpaired) electrons. The van der Waals surface area contributed by atoms with E-state index < -0.39 is 0 Å². The average molecular weight is 251 g/mol. The normalized spacial score (nSPS) is 10.6. The number of aromatic nitrogens is 3. The summed E-state index contributed by atoms with van der Waals surface area (Å²) < 4.78 is 1.11. The molecule has 4 nitrogen and oxygen atoms in total. The Bertz CT molecular complexity index is 630. The lowest BCUT2D eigenvalue weighted by molar-refractivity contribution is 0.185. The molecular weight excluding hydrogens is 238 g/mol. The molecule has 0 aliphatic carbocycles. The predicted molar refractivity (Wildman–Crippen MR) is 72.8 cm³/mol. The molecule has 0 aliphatic rings. The molecule has 3 aromatic rings. The molecule has 0 unspecified atom stereocenters. The zero-order valence-electron chi connectivity index (χ0n) is 10.5. The van der Waals surface area contributed by atoms with Crippen LogP contribution in [0.1, 0.15) is 5.69 Å². The third kappa shape index (κ3) is 1.97. The second kappa shape index (κ2) is 4.57. The van der Waals surface area contributed by atoms with Crippen molar-refractivity contribution in [2.45, 2.75) is 6.92 Å². The number of rotatable bonds is 2. The van der Waals surface area contributed by atoms with Crippen LogP contribution in [-0.2, 0) is 0 Å². The van der Waals surface area contributed by atoms with Gasteiger partial charge in [-0.1, -0.05) is 30.3 Å². The molecule has 0 spiro atoms. The largest absolute Gasteiger partial charge is 0.427 e. The molecule has 1 aromatic carbocycles. The molecule has 0 bridgehead atoms. The van der Waals surface area contributed by atoms with Crippen molar-refractivity contribution in [3.8, 4) is 22.6 Å². The minimum absolute atomic E-state index is 0.504. The third-order valence-electron chi connectivity index (χ3n) is 3.05. The van der Waals surface area contributed by atoms with Gasteiger partial charge in [0.1, 0.15) is 0 Å². The van der Waals surface area contributed by atoms with Gasteiger partial charge in [0.25, 0.3) is 0 Å². The van der Waals surface area contributed by atoms with Crippen LogP contribution in [0, 0.1) is 6.92 Å². The fourth-order valence-electron chi connectivity index (χ4n) is 2.04. The molecule has 0 amide bonds. The quantitative estimate of drug-likeness (QED) is 0.712. The molecule has 0 atom stereocenters. The van der Waals surface area contributed by atoms with Crippen LogP contribution < -0.4 is 0 Å². The van der Waals surface area contributed by atoms with Crippen LogP contribution >= 0.6 is 0 Å². The van der Waals surface area contributed by atoms with Gasteiger partial charge in [0.05, 0.1) is 11.4 Å². The number of imidazole rings is 1. The second-order valence-electron chi connectivity index (χ2n) is 4.29.